The highest BCUT2D eigenvalue weighted by Crippen LogP contribution is 2.23. The van der Waals surface area contributed by atoms with Crippen molar-refractivity contribution in [3.05, 3.63) is 36.2 Å². The zero-order valence-corrected chi connectivity index (χ0v) is 15.7. The molecule has 0 aliphatic carbocycles. The Morgan fingerprint density at radius 1 is 1.31 bits per heavy atom. The first-order valence-electron chi connectivity index (χ1n) is 8.11. The number of thioether (sulfide) groups is 1. The van der Waals surface area contributed by atoms with Crippen molar-refractivity contribution in [2.45, 2.75) is 5.16 Å². The summed E-state index contributed by atoms with van der Waals surface area (Å²) in [6.45, 7) is 1.31. The summed E-state index contributed by atoms with van der Waals surface area (Å²) in [5.41, 5.74) is 2.19. The van der Waals surface area contributed by atoms with Crippen LogP contribution < -0.4 is 10.6 Å². The van der Waals surface area contributed by atoms with Crippen molar-refractivity contribution in [1.29, 1.82) is 0 Å². The molecule has 2 heterocycles. The summed E-state index contributed by atoms with van der Waals surface area (Å²) < 4.78 is 0. The normalized spacial score (nSPS) is 11.1. The zero-order chi connectivity index (χ0) is 18.5. The summed E-state index contributed by atoms with van der Waals surface area (Å²) in [5.74, 6) is 0.279. The number of carbonyl (C=O) groups is 1. The molecule has 0 fully saturated rings. The van der Waals surface area contributed by atoms with Crippen LogP contribution in [0.2, 0.25) is 0 Å². The Morgan fingerprint density at radius 2 is 2.15 bits per heavy atom. The van der Waals surface area contributed by atoms with Gasteiger partial charge in [0.25, 0.3) is 5.91 Å². The molecule has 0 atom stereocenters. The number of anilines is 2. The number of aromatic nitrogens is 4. The van der Waals surface area contributed by atoms with Crippen LogP contribution in [-0.2, 0) is 0 Å². The van der Waals surface area contributed by atoms with Gasteiger partial charge in [-0.2, -0.15) is 5.10 Å². The molecule has 2 aromatic heterocycles. The largest absolute Gasteiger partial charge is 0.351 e. The van der Waals surface area contributed by atoms with Gasteiger partial charge in [-0.3, -0.25) is 9.89 Å². The van der Waals surface area contributed by atoms with E-state index in [1.165, 1.54) is 11.8 Å². The molecule has 0 aliphatic rings. The van der Waals surface area contributed by atoms with Crippen LogP contribution in [0.25, 0.3) is 10.9 Å². The number of H-pyrrole nitrogens is 1. The molecular weight excluding hydrogens is 350 g/mol. The van der Waals surface area contributed by atoms with Gasteiger partial charge in [0.15, 0.2) is 5.16 Å². The molecule has 0 radical (unpaired) electrons. The van der Waals surface area contributed by atoms with Crippen molar-refractivity contribution in [2.24, 2.45) is 0 Å². The lowest BCUT2D eigenvalue weighted by molar-refractivity contribution is 0.0951. The molecule has 0 unspecified atom stereocenters. The minimum absolute atomic E-state index is 0.202. The average Bonchev–Trinajstić information content (AvgIpc) is 3.09. The van der Waals surface area contributed by atoms with E-state index < -0.39 is 0 Å². The number of fused-ring (bicyclic) bond motifs is 1. The van der Waals surface area contributed by atoms with E-state index in [0.29, 0.717) is 23.1 Å². The van der Waals surface area contributed by atoms with Crippen LogP contribution in [0.4, 0.5) is 11.5 Å². The fourth-order valence-corrected chi connectivity index (χ4v) is 2.71. The number of rotatable bonds is 7. The lowest BCUT2D eigenvalue weighted by atomic mass is 10.2. The average molecular weight is 371 g/mol. The second-order valence-corrected chi connectivity index (χ2v) is 6.75. The van der Waals surface area contributed by atoms with Crippen LogP contribution >= 0.6 is 11.8 Å². The molecule has 0 saturated carbocycles. The predicted molar refractivity (Wildman–Crippen MR) is 104 cm³/mol. The van der Waals surface area contributed by atoms with Gasteiger partial charge in [0.2, 0.25) is 0 Å². The maximum atomic E-state index is 12.5. The van der Waals surface area contributed by atoms with Crippen molar-refractivity contribution < 1.29 is 4.79 Å². The second kappa shape index (κ2) is 8.15. The van der Waals surface area contributed by atoms with Crippen molar-refractivity contribution in [3.8, 4) is 0 Å². The number of carbonyl (C=O) groups excluding carboxylic acids is 1. The van der Waals surface area contributed by atoms with Gasteiger partial charge in [-0.1, -0.05) is 11.8 Å². The van der Waals surface area contributed by atoms with Crippen LogP contribution in [0, 0.1) is 0 Å². The van der Waals surface area contributed by atoms with Crippen molar-refractivity contribution in [1.82, 2.24) is 30.4 Å². The molecule has 0 bridgehead atoms. The van der Waals surface area contributed by atoms with Gasteiger partial charge in [-0.05, 0) is 38.6 Å². The predicted octanol–water partition coefficient (Wildman–Crippen LogP) is 2.11. The summed E-state index contributed by atoms with van der Waals surface area (Å²) >= 11 is 1.42. The van der Waals surface area contributed by atoms with Gasteiger partial charge in [0.1, 0.15) is 11.4 Å². The number of benzene rings is 1. The molecule has 1 aromatic carbocycles. The SMILES string of the molecule is CSc1ncc(C(=O)NCCN(C)C)c(Nc2ccc3[nH]ncc3c2)n1. The van der Waals surface area contributed by atoms with Crippen LogP contribution in [0.3, 0.4) is 0 Å². The van der Waals surface area contributed by atoms with Crippen LogP contribution in [-0.4, -0.2) is 64.4 Å². The van der Waals surface area contributed by atoms with Gasteiger partial charge in [-0.25, -0.2) is 9.97 Å². The minimum atomic E-state index is -0.202. The molecule has 0 spiro atoms. The first-order chi connectivity index (χ1) is 12.6. The summed E-state index contributed by atoms with van der Waals surface area (Å²) in [4.78, 5) is 23.2. The van der Waals surface area contributed by atoms with E-state index in [9.17, 15) is 4.79 Å². The third-order valence-electron chi connectivity index (χ3n) is 3.74. The molecule has 3 aromatic rings. The quantitative estimate of drug-likeness (QED) is 0.432. The fourth-order valence-electron chi connectivity index (χ4n) is 2.37. The van der Waals surface area contributed by atoms with Crippen LogP contribution in [0.5, 0.6) is 0 Å². The van der Waals surface area contributed by atoms with E-state index in [0.717, 1.165) is 23.1 Å². The van der Waals surface area contributed by atoms with E-state index in [1.807, 2.05) is 43.5 Å². The molecule has 1 amide bonds. The highest BCUT2D eigenvalue weighted by atomic mass is 32.2. The van der Waals surface area contributed by atoms with Gasteiger partial charge >= 0.3 is 0 Å². The third kappa shape index (κ3) is 4.30. The maximum Gasteiger partial charge on any atom is 0.256 e. The molecule has 0 saturated heterocycles. The number of nitrogens with one attached hydrogen (secondary N) is 3. The van der Waals surface area contributed by atoms with E-state index in [-0.39, 0.29) is 5.91 Å². The molecule has 26 heavy (non-hydrogen) atoms. The van der Waals surface area contributed by atoms with Gasteiger partial charge in [0.05, 0.1) is 11.7 Å². The van der Waals surface area contributed by atoms with Crippen molar-refractivity contribution in [3.63, 3.8) is 0 Å². The smallest absolute Gasteiger partial charge is 0.256 e. The first kappa shape index (κ1) is 18.2. The Hall–Kier alpha value is -2.65. The topological polar surface area (TPSA) is 98.8 Å². The van der Waals surface area contributed by atoms with E-state index in [4.69, 9.17) is 0 Å². The van der Waals surface area contributed by atoms with Crippen LogP contribution in [0.15, 0.2) is 35.7 Å². The maximum absolute atomic E-state index is 12.5. The number of aromatic amines is 1. The van der Waals surface area contributed by atoms with E-state index in [1.54, 1.807) is 12.4 Å². The summed E-state index contributed by atoms with van der Waals surface area (Å²) in [6.07, 6.45) is 5.21. The minimum Gasteiger partial charge on any atom is -0.351 e. The van der Waals surface area contributed by atoms with E-state index >= 15 is 0 Å². The Kier molecular flexibility index (Phi) is 5.69. The molecule has 136 valence electrons. The highest BCUT2D eigenvalue weighted by Gasteiger charge is 2.15. The Labute approximate surface area is 155 Å². The first-order valence-corrected chi connectivity index (χ1v) is 9.33. The highest BCUT2D eigenvalue weighted by molar-refractivity contribution is 7.98. The monoisotopic (exact) mass is 371 g/mol. The van der Waals surface area contributed by atoms with Gasteiger partial charge in [0, 0.05) is 30.4 Å². The Balaban J connectivity index is 1.84. The van der Waals surface area contributed by atoms with Crippen molar-refractivity contribution >= 4 is 40.1 Å². The summed E-state index contributed by atoms with van der Waals surface area (Å²) in [6, 6.07) is 5.79. The lowest BCUT2D eigenvalue weighted by Gasteiger charge is -2.13. The van der Waals surface area contributed by atoms with Gasteiger partial charge in [-0.15, -0.1) is 0 Å². The molecule has 8 nitrogen and oxygen atoms in total. The van der Waals surface area contributed by atoms with Crippen LogP contribution in [0.1, 0.15) is 10.4 Å². The third-order valence-corrected chi connectivity index (χ3v) is 4.30. The standard InChI is InChI=1S/C17H21N7OS/c1-24(2)7-6-18-16(25)13-10-19-17(26-3)22-15(13)21-12-4-5-14-11(8-12)9-20-23-14/h4-5,8-10H,6-7H2,1-3H3,(H,18,25)(H,20,23)(H,19,21,22). The number of amides is 1. The van der Waals surface area contributed by atoms with Gasteiger partial charge < -0.3 is 15.5 Å². The molecule has 3 N–H and O–H groups in total. The lowest BCUT2D eigenvalue weighted by Crippen LogP contribution is -2.32. The molecular formula is C17H21N7OS. The Morgan fingerprint density at radius 3 is 2.92 bits per heavy atom. The summed E-state index contributed by atoms with van der Waals surface area (Å²) in [7, 11) is 3.92. The number of likely N-dealkylation sites (N-methyl/N-ethyl adjacent to an activating group) is 1. The second-order valence-electron chi connectivity index (χ2n) is 5.98. The zero-order valence-electron chi connectivity index (χ0n) is 14.9. The number of hydrogen-bond donors (Lipinski definition) is 3. The number of hydrogen-bond acceptors (Lipinski definition) is 7. The molecule has 0 aliphatic heterocycles. The van der Waals surface area contributed by atoms with E-state index in [2.05, 4.69) is 30.8 Å². The molecule has 3 rings (SSSR count). The molecule has 9 heteroatoms. The Bertz CT molecular complexity index is 909. The number of nitrogens with zero attached hydrogens (tertiary/aromatic N) is 4. The van der Waals surface area contributed by atoms with Crippen molar-refractivity contribution in [2.75, 3.05) is 38.8 Å². The summed E-state index contributed by atoms with van der Waals surface area (Å²) in [5, 5.41) is 14.6. The fraction of sp³-hybridized carbons (Fsp3) is 0.294.